The van der Waals surface area contributed by atoms with Gasteiger partial charge < -0.3 is 9.32 Å². The molecule has 6 aromatic rings. The van der Waals surface area contributed by atoms with Crippen molar-refractivity contribution in [2.45, 2.75) is 13.3 Å². The first-order chi connectivity index (χ1) is 16.6. The van der Waals surface area contributed by atoms with Gasteiger partial charge in [0, 0.05) is 47.1 Å². The van der Waals surface area contributed by atoms with Crippen LogP contribution in [0.5, 0.6) is 0 Å². The highest BCUT2D eigenvalue weighted by molar-refractivity contribution is 9.10. The van der Waals surface area contributed by atoms with Crippen molar-refractivity contribution in [3.8, 4) is 22.7 Å². The predicted octanol–water partition coefficient (Wildman–Crippen LogP) is 5.42. The lowest BCUT2D eigenvalue weighted by molar-refractivity contribution is 0.630. The summed E-state index contributed by atoms with van der Waals surface area (Å²) >= 11 is 3.78. The number of aromatic amines is 1. The Bertz CT molecular complexity index is 1640. The first-order valence-corrected chi connectivity index (χ1v) is 11.6. The molecule has 1 N–H and O–H groups in total. The molecule has 168 valence electrons. The van der Waals surface area contributed by atoms with Crippen LogP contribution in [0.3, 0.4) is 0 Å². The molecule has 0 radical (unpaired) electrons. The molecule has 0 saturated heterocycles. The van der Waals surface area contributed by atoms with E-state index in [0.717, 1.165) is 55.8 Å². The van der Waals surface area contributed by atoms with Gasteiger partial charge in [0.25, 0.3) is 0 Å². The van der Waals surface area contributed by atoms with Gasteiger partial charge in [0.15, 0.2) is 11.5 Å². The Morgan fingerprint density at radius 3 is 2.74 bits per heavy atom. The number of aromatic nitrogens is 7. The molecule has 10 heteroatoms. The molecule has 0 atom stereocenters. The number of H-pyrrole nitrogens is 1. The van der Waals surface area contributed by atoms with E-state index in [0.29, 0.717) is 11.6 Å². The molecule has 0 fully saturated rings. The van der Waals surface area contributed by atoms with Crippen LogP contribution in [0.4, 0.5) is 11.5 Å². The monoisotopic (exact) mass is 514 g/mol. The Balaban J connectivity index is 1.47. The number of nitrogens with one attached hydrogen (secondary N) is 1. The maximum absolute atomic E-state index is 6.28. The van der Waals surface area contributed by atoms with Crippen LogP contribution < -0.4 is 4.90 Å². The van der Waals surface area contributed by atoms with Crippen LogP contribution in [0.25, 0.3) is 39.3 Å². The second kappa shape index (κ2) is 8.07. The van der Waals surface area contributed by atoms with Gasteiger partial charge in [0.1, 0.15) is 17.2 Å². The number of rotatable bonds is 5. The van der Waals surface area contributed by atoms with E-state index in [1.165, 1.54) is 0 Å². The molecule has 34 heavy (non-hydrogen) atoms. The first-order valence-electron chi connectivity index (χ1n) is 10.8. The SMILES string of the molecule is CCc1cc(N(C)c2ccc3oc(-c4ccccc4-c4nnn[nH]4)c(Br)c3c2)n2nccc2n1. The Hall–Kier alpha value is -4.05. The minimum absolute atomic E-state index is 0.580. The second-order valence-corrected chi connectivity index (χ2v) is 8.63. The van der Waals surface area contributed by atoms with E-state index < -0.39 is 0 Å². The third kappa shape index (κ3) is 3.26. The molecule has 9 nitrogen and oxygen atoms in total. The van der Waals surface area contributed by atoms with Gasteiger partial charge in [0.2, 0.25) is 0 Å². The average Bonchev–Trinajstić information content (AvgIpc) is 3.63. The summed E-state index contributed by atoms with van der Waals surface area (Å²) in [7, 11) is 2.03. The molecule has 4 aromatic heterocycles. The van der Waals surface area contributed by atoms with E-state index in [2.05, 4.69) is 70.6 Å². The number of tetrazole rings is 1. The summed E-state index contributed by atoms with van der Waals surface area (Å²) in [6.45, 7) is 2.10. The highest BCUT2D eigenvalue weighted by Crippen LogP contribution is 2.42. The van der Waals surface area contributed by atoms with Crippen LogP contribution in [0, 0.1) is 0 Å². The summed E-state index contributed by atoms with van der Waals surface area (Å²) in [5.74, 6) is 2.23. The van der Waals surface area contributed by atoms with Crippen LogP contribution in [0.15, 0.2) is 69.7 Å². The Labute approximate surface area is 202 Å². The highest BCUT2D eigenvalue weighted by atomic mass is 79.9. The largest absolute Gasteiger partial charge is 0.455 e. The van der Waals surface area contributed by atoms with Gasteiger partial charge in [0.05, 0.1) is 10.7 Å². The summed E-state index contributed by atoms with van der Waals surface area (Å²) in [5, 5.41) is 19.7. The fraction of sp³-hybridized carbons (Fsp3) is 0.125. The van der Waals surface area contributed by atoms with Gasteiger partial charge in [-0.25, -0.2) is 10.1 Å². The summed E-state index contributed by atoms with van der Waals surface area (Å²) in [4.78, 5) is 6.76. The topological polar surface area (TPSA) is 101 Å². The Kier molecular flexibility index (Phi) is 4.88. The standard InChI is InChI=1S/C24H19BrN8O/c1-3-14-12-21(33-20(27-14)10-11-26-33)32(2)15-8-9-19-18(13-15)22(25)23(34-19)16-6-4-5-7-17(16)24-28-30-31-29-24/h4-13H,3H2,1-2H3,(H,28,29,30,31). The maximum atomic E-state index is 6.28. The number of aryl methyl sites for hydroxylation is 1. The number of fused-ring (bicyclic) bond motifs is 2. The van der Waals surface area contributed by atoms with Gasteiger partial charge >= 0.3 is 0 Å². The van der Waals surface area contributed by atoms with Crippen molar-refractivity contribution in [1.29, 1.82) is 0 Å². The predicted molar refractivity (Wildman–Crippen MR) is 133 cm³/mol. The number of furan rings is 1. The molecule has 0 aliphatic carbocycles. The molecule has 0 aliphatic heterocycles. The second-order valence-electron chi connectivity index (χ2n) is 7.84. The molecular formula is C24H19BrN8O. The quantitative estimate of drug-likeness (QED) is 0.327. The van der Waals surface area contributed by atoms with E-state index >= 15 is 0 Å². The van der Waals surface area contributed by atoms with E-state index in [1.54, 1.807) is 6.20 Å². The van der Waals surface area contributed by atoms with Crippen molar-refractivity contribution in [3.63, 3.8) is 0 Å². The lowest BCUT2D eigenvalue weighted by Gasteiger charge is -2.21. The van der Waals surface area contributed by atoms with E-state index in [9.17, 15) is 0 Å². The zero-order chi connectivity index (χ0) is 23.2. The number of hydrogen-bond acceptors (Lipinski definition) is 7. The molecule has 0 unspecified atom stereocenters. The molecule has 0 amide bonds. The van der Waals surface area contributed by atoms with Crippen molar-refractivity contribution < 1.29 is 4.42 Å². The van der Waals surface area contributed by atoms with Crippen molar-refractivity contribution in [3.05, 3.63) is 71.0 Å². The zero-order valence-corrected chi connectivity index (χ0v) is 20.0. The van der Waals surface area contributed by atoms with Gasteiger partial charge in [-0.05, 0) is 51.0 Å². The summed E-state index contributed by atoms with van der Waals surface area (Å²) in [5.41, 5.74) is 5.36. The van der Waals surface area contributed by atoms with Crippen molar-refractivity contribution in [2.24, 2.45) is 0 Å². The number of anilines is 2. The number of nitrogens with zero attached hydrogens (tertiary/aromatic N) is 7. The third-order valence-electron chi connectivity index (χ3n) is 5.87. The van der Waals surface area contributed by atoms with Crippen LogP contribution in [-0.2, 0) is 6.42 Å². The molecule has 2 aromatic carbocycles. The molecular weight excluding hydrogens is 496 g/mol. The van der Waals surface area contributed by atoms with Crippen LogP contribution >= 0.6 is 15.9 Å². The molecule has 0 spiro atoms. The summed E-state index contributed by atoms with van der Waals surface area (Å²) in [6.07, 6.45) is 2.61. The summed E-state index contributed by atoms with van der Waals surface area (Å²) < 4.78 is 9.00. The number of halogens is 1. The number of benzene rings is 2. The van der Waals surface area contributed by atoms with Gasteiger partial charge in [-0.2, -0.15) is 9.61 Å². The lowest BCUT2D eigenvalue weighted by atomic mass is 10.0. The van der Waals surface area contributed by atoms with E-state index in [-0.39, 0.29) is 0 Å². The van der Waals surface area contributed by atoms with Gasteiger partial charge in [-0.3, -0.25) is 0 Å². The average molecular weight is 515 g/mol. The van der Waals surface area contributed by atoms with Crippen molar-refractivity contribution >= 4 is 44.1 Å². The van der Waals surface area contributed by atoms with Gasteiger partial charge in [-0.15, -0.1) is 5.10 Å². The Morgan fingerprint density at radius 1 is 1.09 bits per heavy atom. The van der Waals surface area contributed by atoms with Crippen LogP contribution in [-0.4, -0.2) is 42.3 Å². The molecule has 0 saturated carbocycles. The van der Waals surface area contributed by atoms with Crippen molar-refractivity contribution in [2.75, 3.05) is 11.9 Å². The maximum Gasteiger partial charge on any atom is 0.180 e. The summed E-state index contributed by atoms with van der Waals surface area (Å²) in [6, 6.07) is 18.0. The van der Waals surface area contributed by atoms with Crippen molar-refractivity contribution in [1.82, 2.24) is 35.2 Å². The third-order valence-corrected chi connectivity index (χ3v) is 6.66. The molecule has 4 heterocycles. The lowest BCUT2D eigenvalue weighted by Crippen LogP contribution is -2.15. The van der Waals surface area contributed by atoms with Gasteiger partial charge in [-0.1, -0.05) is 31.2 Å². The minimum atomic E-state index is 0.580. The zero-order valence-electron chi connectivity index (χ0n) is 18.4. The van der Waals surface area contributed by atoms with Crippen LogP contribution in [0.1, 0.15) is 12.6 Å². The first kappa shape index (κ1) is 20.5. The van der Waals surface area contributed by atoms with E-state index in [4.69, 9.17) is 4.42 Å². The normalized spacial score (nSPS) is 11.5. The smallest absolute Gasteiger partial charge is 0.180 e. The minimum Gasteiger partial charge on any atom is -0.455 e. The highest BCUT2D eigenvalue weighted by Gasteiger charge is 2.20. The Morgan fingerprint density at radius 2 is 1.94 bits per heavy atom. The molecule has 0 aliphatic rings. The number of hydrogen-bond donors (Lipinski definition) is 1. The molecule has 6 rings (SSSR count). The fourth-order valence-corrected chi connectivity index (χ4v) is 4.70. The van der Waals surface area contributed by atoms with Crippen LogP contribution in [0.2, 0.25) is 0 Å². The fourth-order valence-electron chi connectivity index (χ4n) is 4.10. The van der Waals surface area contributed by atoms with E-state index in [1.807, 2.05) is 54.0 Å². The molecule has 0 bridgehead atoms.